The highest BCUT2D eigenvalue weighted by atomic mass is 35.5. The maximum Gasteiger partial charge on any atom is 0.158 e. The van der Waals surface area contributed by atoms with Gasteiger partial charge in [-0.1, -0.05) is 13.3 Å². The predicted molar refractivity (Wildman–Crippen MR) is 77.5 cm³/mol. The Morgan fingerprint density at radius 1 is 1.42 bits per heavy atom. The van der Waals surface area contributed by atoms with Crippen molar-refractivity contribution in [1.29, 1.82) is 0 Å². The number of rotatable bonds is 4. The maximum atomic E-state index is 6.11. The van der Waals surface area contributed by atoms with Crippen LogP contribution in [-0.2, 0) is 19.3 Å². The maximum absolute atomic E-state index is 6.11. The molecule has 0 aromatic carbocycles. The zero-order valence-electron chi connectivity index (χ0n) is 11.9. The normalized spacial score (nSPS) is 17.9. The van der Waals surface area contributed by atoms with Crippen LogP contribution in [0.5, 0.6) is 0 Å². The third kappa shape index (κ3) is 1.88. The van der Waals surface area contributed by atoms with Crippen molar-refractivity contribution in [3.05, 3.63) is 11.5 Å². The number of alkyl halides is 1. The van der Waals surface area contributed by atoms with Crippen LogP contribution in [0.2, 0.25) is 0 Å². The molecule has 2 heterocycles. The van der Waals surface area contributed by atoms with Gasteiger partial charge in [0.25, 0.3) is 0 Å². The number of imidazole rings is 1. The highest BCUT2D eigenvalue weighted by Gasteiger charge is 2.29. The second kappa shape index (κ2) is 4.82. The topological polar surface area (TPSA) is 35.6 Å². The van der Waals surface area contributed by atoms with Crippen molar-refractivity contribution >= 4 is 22.8 Å². The van der Waals surface area contributed by atoms with Gasteiger partial charge in [-0.25, -0.2) is 4.98 Å². The molecule has 2 aromatic rings. The monoisotopic (exact) mass is 280 g/mol. The van der Waals surface area contributed by atoms with Crippen LogP contribution in [0.4, 0.5) is 0 Å². The van der Waals surface area contributed by atoms with Crippen LogP contribution >= 0.6 is 11.6 Å². The summed E-state index contributed by atoms with van der Waals surface area (Å²) in [5, 5.41) is 4.58. The second-order valence-electron chi connectivity index (χ2n) is 5.56. The molecule has 1 aliphatic rings. The van der Waals surface area contributed by atoms with Crippen LogP contribution in [0.3, 0.4) is 0 Å². The van der Waals surface area contributed by atoms with Crippen LogP contribution in [0.1, 0.15) is 50.7 Å². The molecule has 0 N–H and O–H groups in total. The van der Waals surface area contributed by atoms with E-state index >= 15 is 0 Å². The summed E-state index contributed by atoms with van der Waals surface area (Å²) in [5.41, 5.74) is 3.24. The van der Waals surface area contributed by atoms with E-state index in [2.05, 4.69) is 23.5 Å². The van der Waals surface area contributed by atoms with Gasteiger partial charge in [0.15, 0.2) is 5.65 Å². The Hall–Kier alpha value is -1.03. The van der Waals surface area contributed by atoms with Crippen molar-refractivity contribution in [2.75, 3.05) is 0 Å². The molecule has 1 unspecified atom stereocenters. The van der Waals surface area contributed by atoms with E-state index in [1.165, 1.54) is 19.3 Å². The van der Waals surface area contributed by atoms with E-state index < -0.39 is 0 Å². The first-order chi connectivity index (χ1) is 9.17. The molecule has 19 heavy (non-hydrogen) atoms. The Balaban J connectivity index is 2.17. The van der Waals surface area contributed by atoms with Crippen LogP contribution in [0, 0.1) is 5.92 Å². The van der Waals surface area contributed by atoms with Crippen LogP contribution in [-0.4, -0.2) is 19.3 Å². The minimum absolute atomic E-state index is 0.465. The lowest BCUT2D eigenvalue weighted by molar-refractivity contribution is 0.222. The molecule has 4 nitrogen and oxygen atoms in total. The Kier molecular flexibility index (Phi) is 3.29. The van der Waals surface area contributed by atoms with E-state index in [4.69, 9.17) is 16.6 Å². The predicted octanol–water partition coefficient (Wildman–Crippen LogP) is 3.43. The van der Waals surface area contributed by atoms with Gasteiger partial charge in [-0.05, 0) is 32.1 Å². The minimum atomic E-state index is 0.465. The third-order valence-electron chi connectivity index (χ3n) is 4.50. The fraction of sp³-hybridized carbons (Fsp3) is 0.714. The summed E-state index contributed by atoms with van der Waals surface area (Å²) in [6, 6.07) is 0.465. The molecule has 1 fully saturated rings. The summed E-state index contributed by atoms with van der Waals surface area (Å²) in [6.07, 6.45) is 4.91. The Labute approximate surface area is 118 Å². The molecule has 0 spiro atoms. The lowest BCUT2D eigenvalue weighted by Crippen LogP contribution is -2.24. The molecule has 1 aliphatic carbocycles. The summed E-state index contributed by atoms with van der Waals surface area (Å²) in [6.45, 7) is 4.41. The number of aromatic nitrogens is 4. The van der Waals surface area contributed by atoms with Gasteiger partial charge in [-0.2, -0.15) is 5.10 Å². The zero-order chi connectivity index (χ0) is 13.6. The van der Waals surface area contributed by atoms with Crippen molar-refractivity contribution < 1.29 is 0 Å². The molecule has 3 rings (SSSR count). The molecule has 104 valence electrons. The van der Waals surface area contributed by atoms with E-state index in [1.807, 2.05) is 11.7 Å². The first kappa shape index (κ1) is 13.0. The van der Waals surface area contributed by atoms with E-state index in [1.54, 1.807) is 0 Å². The first-order valence-corrected chi connectivity index (χ1v) is 7.69. The van der Waals surface area contributed by atoms with E-state index in [-0.39, 0.29) is 0 Å². The van der Waals surface area contributed by atoms with Gasteiger partial charge in [0, 0.05) is 13.1 Å². The van der Waals surface area contributed by atoms with Gasteiger partial charge in [0.05, 0.1) is 11.6 Å². The lowest BCUT2D eigenvalue weighted by Gasteiger charge is -2.33. The number of halogens is 1. The standard InChI is InChI=1S/C14H21ClN4/c1-4-11-13-14(18(3)17-11)19(12(8-15)16-13)9(2)10-6-5-7-10/h9-10H,4-8H2,1-3H3. The first-order valence-electron chi connectivity index (χ1n) is 7.16. The fourth-order valence-electron chi connectivity index (χ4n) is 3.14. The highest BCUT2D eigenvalue weighted by molar-refractivity contribution is 6.16. The Morgan fingerprint density at radius 3 is 2.68 bits per heavy atom. The average Bonchev–Trinajstić information content (AvgIpc) is 2.84. The molecule has 2 aromatic heterocycles. The number of hydrogen-bond donors (Lipinski definition) is 0. The molecule has 0 amide bonds. The van der Waals surface area contributed by atoms with Crippen LogP contribution in [0.15, 0.2) is 0 Å². The second-order valence-corrected chi connectivity index (χ2v) is 5.83. The zero-order valence-corrected chi connectivity index (χ0v) is 12.6. The average molecular weight is 281 g/mol. The number of aryl methyl sites for hydroxylation is 2. The van der Waals surface area contributed by atoms with Gasteiger partial charge in [-0.3, -0.25) is 4.68 Å². The van der Waals surface area contributed by atoms with Gasteiger partial charge in [0.2, 0.25) is 0 Å². The Bertz CT molecular complexity index is 594. The molecule has 1 saturated carbocycles. The SMILES string of the molecule is CCc1nn(C)c2c1nc(CCl)n2C(C)C1CCC1. The minimum Gasteiger partial charge on any atom is -0.309 e. The van der Waals surface area contributed by atoms with Crippen molar-refractivity contribution in [1.82, 2.24) is 19.3 Å². The molecule has 0 saturated heterocycles. The molecular formula is C14H21ClN4. The molecule has 0 bridgehead atoms. The van der Waals surface area contributed by atoms with Gasteiger partial charge < -0.3 is 4.57 Å². The number of fused-ring (bicyclic) bond motifs is 1. The smallest absolute Gasteiger partial charge is 0.158 e. The summed E-state index contributed by atoms with van der Waals surface area (Å²) >= 11 is 6.11. The Morgan fingerprint density at radius 2 is 2.16 bits per heavy atom. The highest BCUT2D eigenvalue weighted by Crippen LogP contribution is 2.38. The molecule has 1 atom stereocenters. The van der Waals surface area contributed by atoms with Crippen LogP contribution in [0.25, 0.3) is 11.2 Å². The third-order valence-corrected chi connectivity index (χ3v) is 4.74. The van der Waals surface area contributed by atoms with E-state index in [0.717, 1.165) is 35.0 Å². The lowest BCUT2D eigenvalue weighted by atomic mass is 9.80. The van der Waals surface area contributed by atoms with Crippen molar-refractivity contribution in [2.45, 2.75) is 51.5 Å². The molecule has 5 heteroatoms. The van der Waals surface area contributed by atoms with Gasteiger partial charge in [-0.15, -0.1) is 11.6 Å². The van der Waals surface area contributed by atoms with Gasteiger partial charge in [0.1, 0.15) is 11.3 Å². The summed E-state index contributed by atoms with van der Waals surface area (Å²) in [5.74, 6) is 2.22. The number of hydrogen-bond acceptors (Lipinski definition) is 2. The summed E-state index contributed by atoms with van der Waals surface area (Å²) < 4.78 is 4.28. The van der Waals surface area contributed by atoms with Crippen LogP contribution < -0.4 is 0 Å². The summed E-state index contributed by atoms with van der Waals surface area (Å²) in [7, 11) is 2.01. The fourth-order valence-corrected chi connectivity index (χ4v) is 3.33. The largest absolute Gasteiger partial charge is 0.309 e. The molecule has 0 aliphatic heterocycles. The molecular weight excluding hydrogens is 260 g/mol. The van der Waals surface area contributed by atoms with Crippen molar-refractivity contribution in [3.8, 4) is 0 Å². The quantitative estimate of drug-likeness (QED) is 0.805. The summed E-state index contributed by atoms with van der Waals surface area (Å²) in [4.78, 5) is 4.73. The van der Waals surface area contributed by atoms with Crippen molar-refractivity contribution in [3.63, 3.8) is 0 Å². The van der Waals surface area contributed by atoms with E-state index in [0.29, 0.717) is 11.9 Å². The van der Waals surface area contributed by atoms with Crippen molar-refractivity contribution in [2.24, 2.45) is 13.0 Å². The van der Waals surface area contributed by atoms with E-state index in [9.17, 15) is 0 Å². The van der Waals surface area contributed by atoms with Gasteiger partial charge >= 0.3 is 0 Å². The molecule has 0 radical (unpaired) electrons. The number of nitrogens with zero attached hydrogens (tertiary/aromatic N) is 4.